The van der Waals surface area contributed by atoms with Crippen molar-refractivity contribution >= 4 is 27.5 Å². The number of hydrogen-bond donors (Lipinski definition) is 1. The van der Waals surface area contributed by atoms with Gasteiger partial charge in [-0.05, 0) is 62.1 Å². The molecule has 0 fully saturated rings. The maximum atomic E-state index is 15.1. The van der Waals surface area contributed by atoms with Crippen molar-refractivity contribution in [1.29, 1.82) is 0 Å². The number of carbonyl (C=O) groups excluding carboxylic acids is 2. The number of aryl methyl sites for hydroxylation is 2. The van der Waals surface area contributed by atoms with Crippen LogP contribution in [0.5, 0.6) is 0 Å². The summed E-state index contributed by atoms with van der Waals surface area (Å²) in [5, 5.41) is 2.99. The quantitative estimate of drug-likeness (QED) is 0.171. The lowest BCUT2D eigenvalue weighted by Crippen LogP contribution is -2.54. The molecule has 2 amide bonds. The van der Waals surface area contributed by atoms with Gasteiger partial charge in [0, 0.05) is 24.6 Å². The third kappa shape index (κ3) is 8.40. The fourth-order valence-electron chi connectivity index (χ4n) is 5.21. The second-order valence-corrected chi connectivity index (χ2v) is 13.3. The molecule has 4 aromatic rings. The number of carbonyl (C=O) groups is 2. The van der Waals surface area contributed by atoms with Crippen molar-refractivity contribution in [2.24, 2.45) is 0 Å². The van der Waals surface area contributed by atoms with Gasteiger partial charge in [-0.25, -0.2) is 12.8 Å². The molecule has 7 nitrogen and oxygen atoms in total. The normalized spacial score (nSPS) is 12.6. The molecule has 9 heteroatoms. The standard InChI is InChI=1S/C37H42FN3O4S/c1-5-28(4)39-37(43)35(24-29-14-8-7-9-15-29)40(25-31-17-10-12-18-33(31)38)36(42)26-41(34-19-13-11-16-30(34)6-2)46(44,45)32-22-20-27(3)21-23-32/h7-23,28,35H,5-6,24-26H2,1-4H3,(H,39,43)/t28-,35-/m0/s1. The summed E-state index contributed by atoms with van der Waals surface area (Å²) in [6, 6.07) is 27.6. The maximum Gasteiger partial charge on any atom is 0.264 e. The minimum absolute atomic E-state index is 0.0350. The van der Waals surface area contributed by atoms with Crippen LogP contribution in [0.2, 0.25) is 0 Å². The lowest BCUT2D eigenvalue weighted by Gasteiger charge is -2.34. The molecule has 4 rings (SSSR count). The third-order valence-electron chi connectivity index (χ3n) is 8.10. The lowest BCUT2D eigenvalue weighted by molar-refractivity contribution is -0.140. The van der Waals surface area contributed by atoms with E-state index in [2.05, 4.69) is 5.32 Å². The highest BCUT2D eigenvalue weighted by atomic mass is 32.2. The van der Waals surface area contributed by atoms with E-state index in [1.54, 1.807) is 42.5 Å². The number of hydrogen-bond acceptors (Lipinski definition) is 4. The zero-order valence-corrected chi connectivity index (χ0v) is 27.6. The molecule has 0 saturated carbocycles. The molecule has 0 heterocycles. The van der Waals surface area contributed by atoms with Crippen molar-refractivity contribution in [3.8, 4) is 0 Å². The largest absolute Gasteiger partial charge is 0.352 e. The van der Waals surface area contributed by atoms with Crippen LogP contribution in [0, 0.1) is 12.7 Å². The van der Waals surface area contributed by atoms with Gasteiger partial charge in [0.15, 0.2) is 0 Å². The second-order valence-electron chi connectivity index (χ2n) is 11.4. The van der Waals surface area contributed by atoms with Gasteiger partial charge in [-0.3, -0.25) is 13.9 Å². The van der Waals surface area contributed by atoms with Crippen LogP contribution in [0.3, 0.4) is 0 Å². The Morgan fingerprint density at radius 2 is 1.43 bits per heavy atom. The Bertz CT molecular complexity index is 1730. The molecule has 1 N–H and O–H groups in total. The lowest BCUT2D eigenvalue weighted by atomic mass is 10.0. The summed E-state index contributed by atoms with van der Waals surface area (Å²) in [6.45, 7) is 6.77. The Balaban J connectivity index is 1.84. The molecule has 0 saturated heterocycles. The molecule has 0 aliphatic heterocycles. The molecule has 0 aliphatic rings. The van der Waals surface area contributed by atoms with Gasteiger partial charge < -0.3 is 10.2 Å². The monoisotopic (exact) mass is 643 g/mol. The van der Waals surface area contributed by atoms with Crippen molar-refractivity contribution in [2.45, 2.75) is 70.5 Å². The van der Waals surface area contributed by atoms with Gasteiger partial charge in [0.25, 0.3) is 10.0 Å². The van der Waals surface area contributed by atoms with Crippen LogP contribution in [-0.2, 0) is 39.0 Å². The van der Waals surface area contributed by atoms with Gasteiger partial charge in [-0.1, -0.05) is 98.3 Å². The van der Waals surface area contributed by atoms with E-state index in [9.17, 15) is 18.0 Å². The SMILES string of the molecule is CCc1ccccc1N(CC(=O)N(Cc1ccccc1F)[C@@H](Cc1ccccc1)C(=O)N[C@@H](C)CC)S(=O)(=O)c1ccc(C)cc1. The van der Waals surface area contributed by atoms with Gasteiger partial charge in [-0.2, -0.15) is 0 Å². The first-order valence-corrected chi connectivity index (χ1v) is 17.0. The topological polar surface area (TPSA) is 86.8 Å². The fourth-order valence-corrected chi connectivity index (χ4v) is 6.66. The third-order valence-corrected chi connectivity index (χ3v) is 9.87. The average molecular weight is 644 g/mol. The summed E-state index contributed by atoms with van der Waals surface area (Å²) in [7, 11) is -4.23. The molecule has 0 bridgehead atoms. The number of para-hydroxylation sites is 1. The van der Waals surface area contributed by atoms with Crippen LogP contribution in [0.25, 0.3) is 0 Å². The van der Waals surface area contributed by atoms with E-state index in [4.69, 9.17) is 0 Å². The zero-order valence-electron chi connectivity index (χ0n) is 26.8. The molecule has 0 spiro atoms. The van der Waals surface area contributed by atoms with Crippen molar-refractivity contribution in [3.05, 3.63) is 131 Å². The number of nitrogens with one attached hydrogen (secondary N) is 1. The molecule has 46 heavy (non-hydrogen) atoms. The molecule has 242 valence electrons. The number of rotatable bonds is 14. The highest BCUT2D eigenvalue weighted by Gasteiger charge is 2.35. The van der Waals surface area contributed by atoms with E-state index in [0.717, 1.165) is 21.0 Å². The number of nitrogens with zero attached hydrogens (tertiary/aromatic N) is 2. The number of amides is 2. The molecule has 2 atom stereocenters. The predicted octanol–water partition coefficient (Wildman–Crippen LogP) is 6.45. The van der Waals surface area contributed by atoms with Crippen molar-refractivity contribution in [1.82, 2.24) is 10.2 Å². The van der Waals surface area contributed by atoms with E-state index >= 15 is 4.39 Å². The van der Waals surface area contributed by atoms with Crippen molar-refractivity contribution < 1.29 is 22.4 Å². The Morgan fingerprint density at radius 3 is 2.07 bits per heavy atom. The highest BCUT2D eigenvalue weighted by molar-refractivity contribution is 7.92. The summed E-state index contributed by atoms with van der Waals surface area (Å²) in [6.07, 6.45) is 1.35. The second kappa shape index (κ2) is 15.7. The van der Waals surface area contributed by atoms with Crippen molar-refractivity contribution in [3.63, 3.8) is 0 Å². The van der Waals surface area contributed by atoms with Gasteiger partial charge >= 0.3 is 0 Å². The predicted molar refractivity (Wildman–Crippen MR) is 180 cm³/mol. The first-order chi connectivity index (χ1) is 22.0. The van der Waals surface area contributed by atoms with E-state index in [0.29, 0.717) is 18.5 Å². The van der Waals surface area contributed by atoms with Gasteiger partial charge in [0.1, 0.15) is 18.4 Å². The molecule has 0 unspecified atom stereocenters. The molecule has 0 aliphatic carbocycles. The summed E-state index contributed by atoms with van der Waals surface area (Å²) < 4.78 is 44.8. The first kappa shape index (κ1) is 34.4. The molecule has 0 aromatic heterocycles. The molecule has 4 aromatic carbocycles. The summed E-state index contributed by atoms with van der Waals surface area (Å²) in [4.78, 5) is 29.8. The Hall–Kier alpha value is -4.50. The van der Waals surface area contributed by atoms with E-state index in [1.165, 1.54) is 23.1 Å². The van der Waals surface area contributed by atoms with Gasteiger partial charge in [-0.15, -0.1) is 0 Å². The van der Waals surface area contributed by atoms with E-state index in [-0.39, 0.29) is 29.5 Å². The highest BCUT2D eigenvalue weighted by Crippen LogP contribution is 2.29. The van der Waals surface area contributed by atoms with Crippen LogP contribution in [-0.4, -0.2) is 43.8 Å². The van der Waals surface area contributed by atoms with Crippen LogP contribution in [0.1, 0.15) is 49.4 Å². The van der Waals surface area contributed by atoms with Crippen molar-refractivity contribution in [2.75, 3.05) is 10.8 Å². The van der Waals surface area contributed by atoms with Crippen LogP contribution < -0.4 is 9.62 Å². The fraction of sp³-hybridized carbons (Fsp3) is 0.297. The van der Waals surface area contributed by atoms with E-state index in [1.807, 2.05) is 70.2 Å². The molecular weight excluding hydrogens is 601 g/mol. The summed E-state index contributed by atoms with van der Waals surface area (Å²) in [5.41, 5.74) is 3.02. The minimum Gasteiger partial charge on any atom is -0.352 e. The number of halogens is 1. The minimum atomic E-state index is -4.23. The first-order valence-electron chi connectivity index (χ1n) is 15.6. The summed E-state index contributed by atoms with van der Waals surface area (Å²) >= 11 is 0. The van der Waals surface area contributed by atoms with Gasteiger partial charge in [0.2, 0.25) is 11.8 Å². The van der Waals surface area contributed by atoms with Crippen LogP contribution >= 0.6 is 0 Å². The Morgan fingerprint density at radius 1 is 0.826 bits per heavy atom. The zero-order chi connectivity index (χ0) is 33.3. The van der Waals surface area contributed by atoms with Crippen LogP contribution in [0.4, 0.5) is 10.1 Å². The van der Waals surface area contributed by atoms with E-state index < -0.39 is 40.2 Å². The molecule has 0 radical (unpaired) electrons. The molecular formula is C37H42FN3O4S. The number of sulfonamides is 1. The summed E-state index contributed by atoms with van der Waals surface area (Å²) in [5.74, 6) is -1.56. The Kier molecular flexibility index (Phi) is 11.7. The van der Waals surface area contributed by atoms with Gasteiger partial charge in [0.05, 0.1) is 10.6 Å². The van der Waals surface area contributed by atoms with Crippen LogP contribution in [0.15, 0.2) is 108 Å². The smallest absolute Gasteiger partial charge is 0.264 e. The average Bonchev–Trinajstić information content (AvgIpc) is 3.06. The number of anilines is 1. The number of benzene rings is 4. The Labute approximate surface area is 272 Å². The maximum absolute atomic E-state index is 15.1.